The zero-order chi connectivity index (χ0) is 14.6. The molecular weight excluding hydrogens is 283 g/mol. The van der Waals surface area contributed by atoms with Crippen molar-refractivity contribution in [2.24, 2.45) is 0 Å². The van der Waals surface area contributed by atoms with Gasteiger partial charge in [-0.2, -0.15) is 17.0 Å². The molecule has 0 unspecified atom stereocenters. The fourth-order valence-electron chi connectivity index (χ4n) is 2.14. The predicted molar refractivity (Wildman–Crippen MR) is 73.8 cm³/mol. The van der Waals surface area contributed by atoms with Gasteiger partial charge in [0, 0.05) is 26.2 Å². The Morgan fingerprint density at radius 1 is 1.35 bits per heavy atom. The van der Waals surface area contributed by atoms with Crippen LogP contribution >= 0.6 is 0 Å². The summed E-state index contributed by atoms with van der Waals surface area (Å²) in [4.78, 5) is 0. The summed E-state index contributed by atoms with van der Waals surface area (Å²) in [5.74, 6) is -0.359. The summed E-state index contributed by atoms with van der Waals surface area (Å²) in [6, 6.07) is 6.01. The molecule has 2 rings (SSSR count). The number of benzene rings is 1. The lowest BCUT2D eigenvalue weighted by molar-refractivity contribution is 0.0701. The minimum absolute atomic E-state index is 0.175. The molecule has 112 valence electrons. The molecular formula is C13H19FN2O3S. The van der Waals surface area contributed by atoms with Crippen LogP contribution in [0.25, 0.3) is 0 Å². The van der Waals surface area contributed by atoms with E-state index in [2.05, 4.69) is 0 Å². The van der Waals surface area contributed by atoms with Crippen LogP contribution in [0.3, 0.4) is 0 Å². The Morgan fingerprint density at radius 3 is 2.65 bits per heavy atom. The van der Waals surface area contributed by atoms with Gasteiger partial charge in [0.25, 0.3) is 10.2 Å². The highest BCUT2D eigenvalue weighted by Gasteiger charge is 2.29. The lowest BCUT2D eigenvalue weighted by Gasteiger charge is -2.31. The largest absolute Gasteiger partial charge is 0.379 e. The van der Waals surface area contributed by atoms with E-state index in [1.165, 1.54) is 20.7 Å². The third-order valence-electron chi connectivity index (χ3n) is 3.22. The number of halogens is 1. The minimum Gasteiger partial charge on any atom is -0.379 e. The van der Waals surface area contributed by atoms with Crippen molar-refractivity contribution >= 4 is 10.2 Å². The normalized spacial score (nSPS) is 17.6. The van der Waals surface area contributed by atoms with Crippen LogP contribution in [0.5, 0.6) is 0 Å². The van der Waals surface area contributed by atoms with Crippen molar-refractivity contribution < 1.29 is 17.5 Å². The monoisotopic (exact) mass is 302 g/mol. The van der Waals surface area contributed by atoms with Crippen LogP contribution in [0, 0.1) is 5.82 Å². The molecule has 1 heterocycles. The Kier molecular flexibility index (Phi) is 5.09. The summed E-state index contributed by atoms with van der Waals surface area (Å²) in [7, 11) is -3.52. The molecule has 0 bridgehead atoms. The number of hydrogen-bond acceptors (Lipinski definition) is 3. The number of ether oxygens (including phenoxy) is 1. The third-order valence-corrected chi connectivity index (χ3v) is 5.28. The Labute approximate surface area is 119 Å². The molecule has 1 aliphatic heterocycles. The molecule has 1 saturated heterocycles. The molecule has 20 heavy (non-hydrogen) atoms. The van der Waals surface area contributed by atoms with Gasteiger partial charge in [-0.1, -0.05) is 19.1 Å². The van der Waals surface area contributed by atoms with Crippen LogP contribution in [-0.4, -0.2) is 49.9 Å². The molecule has 0 amide bonds. The minimum atomic E-state index is -3.52. The number of morpholine rings is 1. The van der Waals surface area contributed by atoms with Gasteiger partial charge < -0.3 is 4.74 Å². The molecule has 0 spiro atoms. The van der Waals surface area contributed by atoms with Crippen LogP contribution in [0.15, 0.2) is 24.3 Å². The Balaban J connectivity index is 2.14. The Morgan fingerprint density at radius 2 is 2.05 bits per heavy atom. The summed E-state index contributed by atoms with van der Waals surface area (Å²) < 4.78 is 46.1. The lowest BCUT2D eigenvalue weighted by Crippen LogP contribution is -2.48. The second kappa shape index (κ2) is 6.62. The van der Waals surface area contributed by atoms with E-state index in [1.54, 1.807) is 19.1 Å². The van der Waals surface area contributed by atoms with E-state index in [9.17, 15) is 12.8 Å². The van der Waals surface area contributed by atoms with Gasteiger partial charge in [0.1, 0.15) is 5.82 Å². The first-order valence-corrected chi connectivity index (χ1v) is 8.01. The van der Waals surface area contributed by atoms with E-state index in [1.807, 2.05) is 0 Å². The molecule has 0 N–H and O–H groups in total. The molecule has 1 fully saturated rings. The van der Waals surface area contributed by atoms with E-state index in [-0.39, 0.29) is 12.4 Å². The topological polar surface area (TPSA) is 49.9 Å². The van der Waals surface area contributed by atoms with Crippen molar-refractivity contribution in [3.63, 3.8) is 0 Å². The SMILES string of the molecule is CCN(Cc1cccc(F)c1)S(=O)(=O)N1CCOCC1. The molecule has 1 aromatic carbocycles. The number of nitrogens with zero attached hydrogens (tertiary/aromatic N) is 2. The first-order chi connectivity index (χ1) is 9.54. The van der Waals surface area contributed by atoms with E-state index >= 15 is 0 Å². The second-order valence-corrected chi connectivity index (χ2v) is 6.50. The molecule has 5 nitrogen and oxygen atoms in total. The maximum Gasteiger partial charge on any atom is 0.282 e. The van der Waals surface area contributed by atoms with Gasteiger partial charge in [-0.05, 0) is 17.7 Å². The molecule has 1 aliphatic rings. The first-order valence-electron chi connectivity index (χ1n) is 6.61. The van der Waals surface area contributed by atoms with Crippen LogP contribution in [0.1, 0.15) is 12.5 Å². The smallest absolute Gasteiger partial charge is 0.282 e. The predicted octanol–water partition coefficient (Wildman–Crippen LogP) is 1.22. The van der Waals surface area contributed by atoms with Gasteiger partial charge in [-0.25, -0.2) is 4.39 Å². The molecule has 0 atom stereocenters. The van der Waals surface area contributed by atoms with Crippen LogP contribution < -0.4 is 0 Å². The highest BCUT2D eigenvalue weighted by atomic mass is 32.2. The van der Waals surface area contributed by atoms with Crippen molar-refractivity contribution in [2.45, 2.75) is 13.5 Å². The standard InChI is InChI=1S/C13H19FN2O3S/c1-2-15(11-12-4-3-5-13(14)10-12)20(17,18)16-6-8-19-9-7-16/h3-5,10H,2,6-9,11H2,1H3. The van der Waals surface area contributed by atoms with Crippen molar-refractivity contribution in [3.05, 3.63) is 35.6 Å². The average Bonchev–Trinajstić information content (AvgIpc) is 2.45. The Hall–Kier alpha value is -1.02. The summed E-state index contributed by atoms with van der Waals surface area (Å²) in [6.45, 7) is 3.85. The van der Waals surface area contributed by atoms with Gasteiger partial charge in [0.05, 0.1) is 13.2 Å². The molecule has 0 aromatic heterocycles. The summed E-state index contributed by atoms with van der Waals surface area (Å²) in [5, 5.41) is 0. The van der Waals surface area contributed by atoms with Crippen molar-refractivity contribution in [1.29, 1.82) is 0 Å². The van der Waals surface area contributed by atoms with Crippen molar-refractivity contribution in [2.75, 3.05) is 32.8 Å². The van der Waals surface area contributed by atoms with E-state index in [0.717, 1.165) is 0 Å². The zero-order valence-corrected chi connectivity index (χ0v) is 12.3. The third kappa shape index (κ3) is 3.54. The molecule has 0 radical (unpaired) electrons. The molecule has 0 saturated carbocycles. The average molecular weight is 302 g/mol. The zero-order valence-electron chi connectivity index (χ0n) is 11.5. The summed E-state index contributed by atoms with van der Waals surface area (Å²) in [5.41, 5.74) is 0.642. The van der Waals surface area contributed by atoms with E-state index < -0.39 is 10.2 Å². The van der Waals surface area contributed by atoms with Crippen LogP contribution in [0.4, 0.5) is 4.39 Å². The molecule has 7 heteroatoms. The lowest BCUT2D eigenvalue weighted by atomic mass is 10.2. The fourth-order valence-corrected chi connectivity index (χ4v) is 3.71. The maximum atomic E-state index is 13.2. The van der Waals surface area contributed by atoms with Crippen molar-refractivity contribution in [1.82, 2.24) is 8.61 Å². The maximum absolute atomic E-state index is 13.2. The highest BCUT2D eigenvalue weighted by molar-refractivity contribution is 7.86. The number of hydrogen-bond donors (Lipinski definition) is 0. The van der Waals surface area contributed by atoms with Crippen LogP contribution in [-0.2, 0) is 21.5 Å². The second-order valence-electron chi connectivity index (χ2n) is 4.58. The first kappa shape index (κ1) is 15.4. The Bertz CT molecular complexity index is 544. The van der Waals surface area contributed by atoms with Gasteiger partial charge >= 0.3 is 0 Å². The van der Waals surface area contributed by atoms with E-state index in [4.69, 9.17) is 4.74 Å². The van der Waals surface area contributed by atoms with E-state index in [0.29, 0.717) is 38.4 Å². The van der Waals surface area contributed by atoms with Crippen LogP contribution in [0.2, 0.25) is 0 Å². The quantitative estimate of drug-likeness (QED) is 0.822. The molecule has 1 aromatic rings. The van der Waals surface area contributed by atoms with Crippen molar-refractivity contribution in [3.8, 4) is 0 Å². The fraction of sp³-hybridized carbons (Fsp3) is 0.538. The highest BCUT2D eigenvalue weighted by Crippen LogP contribution is 2.15. The van der Waals surface area contributed by atoms with Gasteiger partial charge in [-0.15, -0.1) is 0 Å². The van der Waals surface area contributed by atoms with Gasteiger partial charge in [0.15, 0.2) is 0 Å². The molecule has 0 aliphatic carbocycles. The number of rotatable bonds is 5. The summed E-state index contributed by atoms with van der Waals surface area (Å²) >= 11 is 0. The summed E-state index contributed by atoms with van der Waals surface area (Å²) in [6.07, 6.45) is 0. The van der Waals surface area contributed by atoms with Gasteiger partial charge in [0.2, 0.25) is 0 Å². The van der Waals surface area contributed by atoms with Gasteiger partial charge in [-0.3, -0.25) is 0 Å².